The van der Waals surface area contributed by atoms with Gasteiger partial charge in [-0.2, -0.15) is 0 Å². The highest BCUT2D eigenvalue weighted by Crippen LogP contribution is 2.15. The third-order valence-electron chi connectivity index (χ3n) is 1.28. The Kier molecular flexibility index (Phi) is 15.2. The maximum atomic E-state index is 5.01. The Morgan fingerprint density at radius 2 is 1.92 bits per heavy atom. The molecule has 72 valence electrons. The third-order valence-corrected chi connectivity index (χ3v) is 1.28. The molecule has 0 radical (unpaired) electrons. The van der Waals surface area contributed by atoms with Gasteiger partial charge in [0.05, 0.1) is 12.7 Å². The molecule has 0 aromatic rings. The predicted octanol–water partition coefficient (Wildman–Crippen LogP) is 3.57. The Morgan fingerprint density at radius 1 is 1.50 bits per heavy atom. The molecule has 0 N–H and O–H groups in total. The number of unbranched alkanes of at least 4 members (excludes halogenated alkanes) is 1. The molecule has 0 aromatic heterocycles. The summed E-state index contributed by atoms with van der Waals surface area (Å²) in [7, 11) is 0. The van der Waals surface area contributed by atoms with Crippen molar-refractivity contribution in [2.45, 2.75) is 39.2 Å². The Bertz CT molecular complexity index is 85.0. The van der Waals surface area contributed by atoms with Crippen molar-refractivity contribution in [1.82, 2.24) is 0 Å². The van der Waals surface area contributed by atoms with Crippen LogP contribution in [0.15, 0.2) is 25.8 Å². The molecule has 1 aliphatic rings. The smallest absolute Gasteiger partial charge is 0.0810 e. The number of hydrogen-bond acceptors (Lipinski definition) is 1. The third kappa shape index (κ3) is 16.2. The van der Waals surface area contributed by atoms with Gasteiger partial charge >= 0.3 is 0 Å². The van der Waals surface area contributed by atoms with E-state index in [2.05, 4.69) is 26.7 Å². The lowest BCUT2D eigenvalue weighted by atomic mass is 10.2. The van der Waals surface area contributed by atoms with Gasteiger partial charge in [0, 0.05) is 0 Å². The highest BCUT2D eigenvalue weighted by molar-refractivity contribution is 4.67. The van der Waals surface area contributed by atoms with Crippen molar-refractivity contribution in [3.8, 4) is 0 Å². The molecule has 0 aromatic carbocycles. The minimum atomic E-state index is 0.653. The minimum Gasteiger partial charge on any atom is -0.373 e. The van der Waals surface area contributed by atoms with Gasteiger partial charge in [-0.25, -0.2) is 0 Å². The van der Waals surface area contributed by atoms with Crippen LogP contribution in [-0.2, 0) is 4.74 Å². The second-order valence-electron chi connectivity index (χ2n) is 2.51. The molecule has 1 heteroatoms. The second-order valence-corrected chi connectivity index (χ2v) is 2.51. The van der Waals surface area contributed by atoms with Crippen LogP contribution in [0.25, 0.3) is 0 Å². The molecule has 1 nitrogen and oxygen atoms in total. The standard InChI is InChI=1S/C6H12O.C3H6.C2H4/c1-2-3-4-6-5-7-6;1-3-2;1-2/h6H,2-5H2,1H3;3H,1H2,2H3;1-2H2. The highest BCUT2D eigenvalue weighted by Gasteiger charge is 2.20. The Labute approximate surface area is 77.1 Å². The molecule has 1 heterocycles. The summed E-state index contributed by atoms with van der Waals surface area (Å²) in [5.41, 5.74) is 0. The molecular formula is C11H22O. The van der Waals surface area contributed by atoms with Crippen LogP contribution in [0.3, 0.4) is 0 Å². The van der Waals surface area contributed by atoms with Crippen LogP contribution in [-0.4, -0.2) is 12.7 Å². The zero-order valence-corrected chi connectivity index (χ0v) is 8.51. The van der Waals surface area contributed by atoms with E-state index in [9.17, 15) is 0 Å². The number of rotatable bonds is 3. The summed E-state index contributed by atoms with van der Waals surface area (Å²) in [5, 5.41) is 0. The van der Waals surface area contributed by atoms with Gasteiger partial charge in [-0.1, -0.05) is 25.8 Å². The van der Waals surface area contributed by atoms with Crippen LogP contribution in [0.1, 0.15) is 33.1 Å². The summed E-state index contributed by atoms with van der Waals surface area (Å²) in [6, 6.07) is 0. The fourth-order valence-electron chi connectivity index (χ4n) is 0.667. The molecule has 1 rings (SSSR count). The fraction of sp³-hybridized carbons (Fsp3) is 0.636. The summed E-state index contributed by atoms with van der Waals surface area (Å²) in [6.45, 7) is 14.5. The van der Waals surface area contributed by atoms with Gasteiger partial charge in [0.15, 0.2) is 0 Å². The van der Waals surface area contributed by atoms with Crippen molar-refractivity contribution in [1.29, 1.82) is 0 Å². The van der Waals surface area contributed by atoms with Crippen molar-refractivity contribution in [3.05, 3.63) is 25.8 Å². The first-order chi connectivity index (χ1) is 5.85. The maximum Gasteiger partial charge on any atom is 0.0810 e. The van der Waals surface area contributed by atoms with Crippen molar-refractivity contribution >= 4 is 0 Å². The summed E-state index contributed by atoms with van der Waals surface area (Å²) in [4.78, 5) is 0. The molecule has 1 unspecified atom stereocenters. The lowest BCUT2D eigenvalue weighted by molar-refractivity contribution is 0.391. The number of epoxide rings is 1. The summed E-state index contributed by atoms with van der Waals surface area (Å²) >= 11 is 0. The Morgan fingerprint density at radius 3 is 2.17 bits per heavy atom. The monoisotopic (exact) mass is 170 g/mol. The van der Waals surface area contributed by atoms with E-state index < -0.39 is 0 Å². The van der Waals surface area contributed by atoms with E-state index in [1.54, 1.807) is 6.08 Å². The van der Waals surface area contributed by atoms with E-state index in [0.717, 1.165) is 6.61 Å². The molecule has 1 saturated heterocycles. The largest absolute Gasteiger partial charge is 0.373 e. The van der Waals surface area contributed by atoms with Crippen LogP contribution < -0.4 is 0 Å². The van der Waals surface area contributed by atoms with Crippen molar-refractivity contribution in [2.24, 2.45) is 0 Å². The Balaban J connectivity index is 0. The molecule has 0 bridgehead atoms. The lowest BCUT2D eigenvalue weighted by Gasteiger charge is -1.86. The Hall–Kier alpha value is -0.560. The second kappa shape index (κ2) is 13.1. The van der Waals surface area contributed by atoms with Gasteiger partial charge in [0.1, 0.15) is 0 Å². The fourth-order valence-corrected chi connectivity index (χ4v) is 0.667. The molecule has 1 aliphatic heterocycles. The average Bonchev–Trinajstić information content (AvgIpc) is 2.89. The van der Waals surface area contributed by atoms with Crippen molar-refractivity contribution in [2.75, 3.05) is 6.61 Å². The average molecular weight is 170 g/mol. The van der Waals surface area contributed by atoms with Gasteiger partial charge in [-0.05, 0) is 13.3 Å². The predicted molar refractivity (Wildman–Crippen MR) is 56.4 cm³/mol. The first-order valence-corrected chi connectivity index (χ1v) is 4.53. The molecule has 0 saturated carbocycles. The van der Waals surface area contributed by atoms with Crippen LogP contribution in [0.5, 0.6) is 0 Å². The van der Waals surface area contributed by atoms with E-state index in [1.807, 2.05) is 6.92 Å². The maximum absolute atomic E-state index is 5.01. The zero-order chi connectivity index (χ0) is 9.82. The van der Waals surface area contributed by atoms with Crippen molar-refractivity contribution in [3.63, 3.8) is 0 Å². The van der Waals surface area contributed by atoms with Gasteiger partial charge in [0.25, 0.3) is 0 Å². The van der Waals surface area contributed by atoms with E-state index in [1.165, 1.54) is 19.3 Å². The SMILES string of the molecule is C=C.C=CC.CCCCC1CO1. The molecule has 1 atom stereocenters. The molecule has 0 spiro atoms. The van der Waals surface area contributed by atoms with Crippen LogP contribution in [0.2, 0.25) is 0 Å². The van der Waals surface area contributed by atoms with E-state index in [0.29, 0.717) is 6.10 Å². The van der Waals surface area contributed by atoms with Gasteiger partial charge in [-0.3, -0.25) is 0 Å². The number of hydrogen-bond donors (Lipinski definition) is 0. The van der Waals surface area contributed by atoms with Crippen LogP contribution in [0, 0.1) is 0 Å². The van der Waals surface area contributed by atoms with Gasteiger partial charge < -0.3 is 4.74 Å². The van der Waals surface area contributed by atoms with Gasteiger partial charge in [-0.15, -0.1) is 19.7 Å². The van der Waals surface area contributed by atoms with Crippen molar-refractivity contribution < 1.29 is 4.74 Å². The first-order valence-electron chi connectivity index (χ1n) is 4.53. The van der Waals surface area contributed by atoms with E-state index in [-0.39, 0.29) is 0 Å². The highest BCUT2D eigenvalue weighted by atomic mass is 16.6. The normalized spacial score (nSPS) is 17.7. The lowest BCUT2D eigenvalue weighted by Crippen LogP contribution is -1.81. The molecular weight excluding hydrogens is 148 g/mol. The molecule has 0 amide bonds. The van der Waals surface area contributed by atoms with E-state index >= 15 is 0 Å². The van der Waals surface area contributed by atoms with Crippen LogP contribution in [0.4, 0.5) is 0 Å². The first kappa shape index (κ1) is 14.0. The quantitative estimate of drug-likeness (QED) is 0.466. The molecule has 1 fully saturated rings. The number of allylic oxidation sites excluding steroid dienone is 1. The summed E-state index contributed by atoms with van der Waals surface area (Å²) in [5.74, 6) is 0. The molecule has 0 aliphatic carbocycles. The van der Waals surface area contributed by atoms with Gasteiger partial charge in [0.2, 0.25) is 0 Å². The van der Waals surface area contributed by atoms with Crippen LogP contribution >= 0.6 is 0 Å². The zero-order valence-electron chi connectivity index (χ0n) is 8.51. The van der Waals surface area contributed by atoms with E-state index in [4.69, 9.17) is 4.74 Å². The summed E-state index contributed by atoms with van der Waals surface area (Å²) < 4.78 is 5.01. The topological polar surface area (TPSA) is 12.5 Å². The minimum absolute atomic E-state index is 0.653. The molecule has 12 heavy (non-hydrogen) atoms. The number of ether oxygens (including phenoxy) is 1. The summed E-state index contributed by atoms with van der Waals surface area (Å²) in [6.07, 6.45) is 6.33.